The third-order valence-corrected chi connectivity index (χ3v) is 2.71. The summed E-state index contributed by atoms with van der Waals surface area (Å²) in [5.41, 5.74) is 0.529. The number of rotatable bonds is 5. The Morgan fingerprint density at radius 1 is 1.53 bits per heavy atom. The molecule has 2 unspecified atom stereocenters. The Labute approximate surface area is 90.9 Å². The second kappa shape index (κ2) is 5.81. The first kappa shape index (κ1) is 12.1. The molecule has 1 aromatic rings. The molecule has 84 valence electrons. The molecule has 0 aromatic carbocycles. The van der Waals surface area contributed by atoms with E-state index in [9.17, 15) is 4.39 Å². The maximum Gasteiger partial charge on any atom is 0.146 e. The molecular weight excluding hydrogens is 191 g/mol. The van der Waals surface area contributed by atoms with E-state index in [-0.39, 0.29) is 11.9 Å². The molecule has 1 rings (SSSR count). The standard InChI is InChI=1S/C12H19FN2/c1-4-6-9(2)11(14-3)12-10(13)7-5-8-15-12/h5,7-9,11,14H,4,6H2,1-3H3. The van der Waals surface area contributed by atoms with Crippen molar-refractivity contribution >= 4 is 0 Å². The van der Waals surface area contributed by atoms with Crippen LogP contribution in [0.2, 0.25) is 0 Å². The Morgan fingerprint density at radius 2 is 2.27 bits per heavy atom. The molecule has 3 heteroatoms. The van der Waals surface area contributed by atoms with Gasteiger partial charge in [0.25, 0.3) is 0 Å². The van der Waals surface area contributed by atoms with Crippen molar-refractivity contribution < 1.29 is 4.39 Å². The normalized spacial score (nSPS) is 14.9. The average Bonchev–Trinajstić information content (AvgIpc) is 2.22. The van der Waals surface area contributed by atoms with Crippen LogP contribution < -0.4 is 5.32 Å². The zero-order chi connectivity index (χ0) is 11.3. The van der Waals surface area contributed by atoms with Crippen LogP contribution in [0.1, 0.15) is 38.4 Å². The summed E-state index contributed by atoms with van der Waals surface area (Å²) in [6.45, 7) is 4.26. The number of hydrogen-bond acceptors (Lipinski definition) is 2. The van der Waals surface area contributed by atoms with Crippen molar-refractivity contribution in [2.24, 2.45) is 5.92 Å². The fourth-order valence-electron chi connectivity index (χ4n) is 1.94. The predicted molar refractivity (Wildman–Crippen MR) is 60.1 cm³/mol. The first-order valence-corrected chi connectivity index (χ1v) is 5.48. The highest BCUT2D eigenvalue weighted by Gasteiger charge is 2.20. The molecule has 0 fully saturated rings. The second-order valence-electron chi connectivity index (χ2n) is 3.90. The fourth-order valence-corrected chi connectivity index (χ4v) is 1.94. The number of nitrogens with zero attached hydrogens (tertiary/aromatic N) is 1. The van der Waals surface area contributed by atoms with Gasteiger partial charge in [0.15, 0.2) is 0 Å². The molecule has 1 aromatic heterocycles. The zero-order valence-electron chi connectivity index (χ0n) is 9.63. The number of aromatic nitrogens is 1. The average molecular weight is 210 g/mol. The van der Waals surface area contributed by atoms with Crippen molar-refractivity contribution in [3.63, 3.8) is 0 Å². The Hall–Kier alpha value is -0.960. The molecule has 0 radical (unpaired) electrons. The lowest BCUT2D eigenvalue weighted by molar-refractivity contribution is 0.364. The topological polar surface area (TPSA) is 24.9 Å². The summed E-state index contributed by atoms with van der Waals surface area (Å²) in [7, 11) is 1.85. The van der Waals surface area contributed by atoms with E-state index in [0.29, 0.717) is 11.6 Å². The maximum absolute atomic E-state index is 13.5. The monoisotopic (exact) mass is 210 g/mol. The van der Waals surface area contributed by atoms with E-state index in [1.165, 1.54) is 6.07 Å². The van der Waals surface area contributed by atoms with Gasteiger partial charge in [-0.15, -0.1) is 0 Å². The Balaban J connectivity index is 2.87. The summed E-state index contributed by atoms with van der Waals surface area (Å²) in [4.78, 5) is 4.12. The Bertz CT molecular complexity index is 301. The molecule has 0 aliphatic rings. The molecule has 0 amide bonds. The van der Waals surface area contributed by atoms with Crippen LogP contribution in [0.15, 0.2) is 18.3 Å². The lowest BCUT2D eigenvalue weighted by Gasteiger charge is -2.22. The number of hydrogen-bond donors (Lipinski definition) is 1. The smallest absolute Gasteiger partial charge is 0.146 e. The predicted octanol–water partition coefficient (Wildman–Crippen LogP) is 2.92. The lowest BCUT2D eigenvalue weighted by Crippen LogP contribution is -2.25. The van der Waals surface area contributed by atoms with E-state index >= 15 is 0 Å². The van der Waals surface area contributed by atoms with Crippen LogP contribution >= 0.6 is 0 Å². The summed E-state index contributed by atoms with van der Waals surface area (Å²) in [6.07, 6.45) is 3.82. The Morgan fingerprint density at radius 3 is 2.80 bits per heavy atom. The van der Waals surface area contributed by atoms with E-state index in [0.717, 1.165) is 12.8 Å². The minimum absolute atomic E-state index is 0.00569. The van der Waals surface area contributed by atoms with Crippen LogP contribution in [0, 0.1) is 11.7 Å². The summed E-state index contributed by atoms with van der Waals surface area (Å²) < 4.78 is 13.5. The lowest BCUT2D eigenvalue weighted by atomic mass is 9.94. The van der Waals surface area contributed by atoms with Crippen LogP contribution in [0.5, 0.6) is 0 Å². The molecule has 2 nitrogen and oxygen atoms in total. The molecule has 0 saturated carbocycles. The van der Waals surface area contributed by atoms with E-state index in [1.54, 1.807) is 12.3 Å². The summed E-state index contributed by atoms with van der Waals surface area (Å²) in [6, 6.07) is 3.09. The first-order chi connectivity index (χ1) is 7.20. The van der Waals surface area contributed by atoms with Crippen LogP contribution in [0.4, 0.5) is 4.39 Å². The van der Waals surface area contributed by atoms with E-state index in [2.05, 4.69) is 24.1 Å². The quantitative estimate of drug-likeness (QED) is 0.808. The fraction of sp³-hybridized carbons (Fsp3) is 0.583. The largest absolute Gasteiger partial charge is 0.311 e. The van der Waals surface area contributed by atoms with E-state index in [1.807, 2.05) is 7.05 Å². The van der Waals surface area contributed by atoms with Gasteiger partial charge in [-0.1, -0.05) is 20.3 Å². The SMILES string of the molecule is CCCC(C)C(NC)c1ncccc1F. The van der Waals surface area contributed by atoms with Gasteiger partial charge < -0.3 is 5.32 Å². The number of pyridine rings is 1. The Kier molecular flexibility index (Phi) is 4.69. The number of nitrogens with one attached hydrogen (secondary N) is 1. The van der Waals surface area contributed by atoms with Gasteiger partial charge in [0.05, 0.1) is 11.7 Å². The van der Waals surface area contributed by atoms with E-state index < -0.39 is 0 Å². The third-order valence-electron chi connectivity index (χ3n) is 2.71. The molecule has 0 aliphatic heterocycles. The molecule has 15 heavy (non-hydrogen) atoms. The molecule has 0 aliphatic carbocycles. The molecule has 2 atom stereocenters. The van der Waals surface area contributed by atoms with Gasteiger partial charge in [0.2, 0.25) is 0 Å². The molecule has 0 bridgehead atoms. The van der Waals surface area contributed by atoms with Gasteiger partial charge in [-0.25, -0.2) is 4.39 Å². The van der Waals surface area contributed by atoms with Crippen molar-refractivity contribution in [3.8, 4) is 0 Å². The van der Waals surface area contributed by atoms with Gasteiger partial charge in [-0.05, 0) is 31.5 Å². The summed E-state index contributed by atoms with van der Waals surface area (Å²) >= 11 is 0. The molecular formula is C12H19FN2. The molecule has 1 heterocycles. The maximum atomic E-state index is 13.5. The van der Waals surface area contributed by atoms with Crippen LogP contribution in [-0.2, 0) is 0 Å². The molecule has 0 spiro atoms. The van der Waals surface area contributed by atoms with Crippen LogP contribution in [0.25, 0.3) is 0 Å². The minimum atomic E-state index is -0.222. The van der Waals surface area contributed by atoms with Crippen molar-refractivity contribution in [1.29, 1.82) is 0 Å². The highest BCUT2D eigenvalue weighted by atomic mass is 19.1. The highest BCUT2D eigenvalue weighted by molar-refractivity contribution is 5.12. The number of halogens is 1. The van der Waals surface area contributed by atoms with Crippen molar-refractivity contribution in [2.75, 3.05) is 7.05 Å². The second-order valence-corrected chi connectivity index (χ2v) is 3.90. The van der Waals surface area contributed by atoms with Crippen molar-refractivity contribution in [2.45, 2.75) is 32.7 Å². The zero-order valence-corrected chi connectivity index (χ0v) is 9.63. The van der Waals surface area contributed by atoms with Gasteiger partial charge in [0.1, 0.15) is 5.82 Å². The molecule has 1 N–H and O–H groups in total. The summed E-state index contributed by atoms with van der Waals surface area (Å²) in [5, 5.41) is 3.14. The third kappa shape index (κ3) is 2.99. The van der Waals surface area contributed by atoms with Crippen molar-refractivity contribution in [1.82, 2.24) is 10.3 Å². The van der Waals surface area contributed by atoms with E-state index in [4.69, 9.17) is 0 Å². The van der Waals surface area contributed by atoms with Gasteiger partial charge in [-0.3, -0.25) is 4.98 Å². The van der Waals surface area contributed by atoms with Gasteiger partial charge >= 0.3 is 0 Å². The summed E-state index contributed by atoms with van der Waals surface area (Å²) in [5.74, 6) is 0.171. The van der Waals surface area contributed by atoms with Crippen molar-refractivity contribution in [3.05, 3.63) is 29.8 Å². The first-order valence-electron chi connectivity index (χ1n) is 5.48. The molecule has 0 saturated heterocycles. The minimum Gasteiger partial charge on any atom is -0.311 e. The van der Waals surface area contributed by atoms with Crippen LogP contribution in [-0.4, -0.2) is 12.0 Å². The highest BCUT2D eigenvalue weighted by Crippen LogP contribution is 2.25. The van der Waals surface area contributed by atoms with Gasteiger partial charge in [0, 0.05) is 6.20 Å². The van der Waals surface area contributed by atoms with Gasteiger partial charge in [-0.2, -0.15) is 0 Å². The van der Waals surface area contributed by atoms with Crippen LogP contribution in [0.3, 0.4) is 0 Å².